The highest BCUT2D eigenvalue weighted by Crippen LogP contribution is 2.26. The van der Waals surface area contributed by atoms with Crippen LogP contribution in [0.3, 0.4) is 0 Å². The van der Waals surface area contributed by atoms with Crippen LogP contribution in [0.15, 0.2) is 29.3 Å². The van der Waals surface area contributed by atoms with Crippen LogP contribution in [0.25, 0.3) is 0 Å². The van der Waals surface area contributed by atoms with E-state index in [2.05, 4.69) is 23.3 Å². The number of ether oxygens (including phenoxy) is 1. The number of rotatable bonds is 7. The van der Waals surface area contributed by atoms with Gasteiger partial charge in [-0.2, -0.15) is 0 Å². The minimum atomic E-state index is 0. The topological polar surface area (TPSA) is 59.6 Å². The molecular formula is C16H26IN3O. The van der Waals surface area contributed by atoms with Crippen LogP contribution in [-0.2, 0) is 0 Å². The van der Waals surface area contributed by atoms with Crippen LogP contribution < -0.4 is 15.8 Å². The normalized spacial score (nSPS) is 15.0. The third-order valence-electron chi connectivity index (χ3n) is 3.72. The minimum absolute atomic E-state index is 0. The number of nitrogens with two attached hydrogens (primary N) is 1. The van der Waals surface area contributed by atoms with Crippen molar-refractivity contribution in [3.8, 4) is 5.75 Å². The summed E-state index contributed by atoms with van der Waals surface area (Å²) >= 11 is 0. The van der Waals surface area contributed by atoms with Crippen LogP contribution in [0.2, 0.25) is 0 Å². The predicted octanol–water partition coefficient (Wildman–Crippen LogP) is 3.09. The summed E-state index contributed by atoms with van der Waals surface area (Å²) in [7, 11) is 0. The molecule has 0 aliphatic heterocycles. The predicted molar refractivity (Wildman–Crippen MR) is 98.5 cm³/mol. The number of benzene rings is 1. The first-order valence-corrected chi connectivity index (χ1v) is 7.48. The monoisotopic (exact) mass is 403 g/mol. The van der Waals surface area contributed by atoms with E-state index in [9.17, 15) is 0 Å². The van der Waals surface area contributed by atoms with Gasteiger partial charge in [-0.1, -0.05) is 24.6 Å². The standard InChI is InChI=1S/C16H25N3O.HI/c1-13-6-2-3-9-15(13)20-11-5-10-18-16(17)19-12-14-7-4-8-14;/h2-3,6,9,14H,4-5,7-8,10-12H2,1H3,(H3,17,18,19);1H. The van der Waals surface area contributed by atoms with Gasteiger partial charge in [0.2, 0.25) is 0 Å². The molecule has 0 atom stereocenters. The summed E-state index contributed by atoms with van der Waals surface area (Å²) in [6.07, 6.45) is 4.87. The average molecular weight is 403 g/mol. The number of hydrogen-bond acceptors (Lipinski definition) is 2. The Morgan fingerprint density at radius 1 is 1.38 bits per heavy atom. The summed E-state index contributed by atoms with van der Waals surface area (Å²) in [4.78, 5) is 4.36. The van der Waals surface area contributed by atoms with Gasteiger partial charge in [-0.25, -0.2) is 0 Å². The van der Waals surface area contributed by atoms with Gasteiger partial charge in [0.1, 0.15) is 5.75 Å². The lowest BCUT2D eigenvalue weighted by Crippen LogP contribution is -2.34. The maximum absolute atomic E-state index is 5.82. The highest BCUT2D eigenvalue weighted by atomic mass is 127. The first kappa shape index (κ1) is 18.1. The largest absolute Gasteiger partial charge is 0.493 e. The molecule has 21 heavy (non-hydrogen) atoms. The molecule has 0 saturated heterocycles. The molecule has 0 heterocycles. The number of aryl methyl sites for hydroxylation is 1. The molecule has 0 aromatic heterocycles. The Kier molecular flexibility index (Phi) is 8.49. The Balaban J connectivity index is 0.00000220. The zero-order valence-corrected chi connectivity index (χ0v) is 15.0. The number of hydrogen-bond donors (Lipinski definition) is 2. The molecule has 1 aromatic rings. The van der Waals surface area contributed by atoms with E-state index in [-0.39, 0.29) is 24.0 Å². The zero-order valence-electron chi connectivity index (χ0n) is 12.7. The van der Waals surface area contributed by atoms with Crippen LogP contribution in [0, 0.1) is 12.8 Å². The van der Waals surface area contributed by atoms with Crippen molar-refractivity contribution in [3.63, 3.8) is 0 Å². The first-order valence-electron chi connectivity index (χ1n) is 7.48. The van der Waals surface area contributed by atoms with E-state index in [0.717, 1.165) is 31.2 Å². The van der Waals surface area contributed by atoms with Crippen LogP contribution in [0.1, 0.15) is 31.2 Å². The van der Waals surface area contributed by atoms with Crippen molar-refractivity contribution in [3.05, 3.63) is 29.8 Å². The van der Waals surface area contributed by atoms with Gasteiger partial charge in [0.05, 0.1) is 6.61 Å². The van der Waals surface area contributed by atoms with E-state index in [1.54, 1.807) is 0 Å². The van der Waals surface area contributed by atoms with Crippen LogP contribution in [0.4, 0.5) is 0 Å². The maximum atomic E-state index is 5.82. The van der Waals surface area contributed by atoms with Crippen molar-refractivity contribution in [1.82, 2.24) is 5.32 Å². The SMILES string of the molecule is Cc1ccccc1OCCCNC(N)=NCC1CCC1.I. The fourth-order valence-electron chi connectivity index (χ4n) is 2.15. The molecule has 1 fully saturated rings. The van der Waals surface area contributed by atoms with Crippen LogP contribution in [0.5, 0.6) is 5.75 Å². The fourth-order valence-corrected chi connectivity index (χ4v) is 2.15. The summed E-state index contributed by atoms with van der Waals surface area (Å²) in [5, 5.41) is 3.13. The molecule has 1 aliphatic rings. The van der Waals surface area contributed by atoms with Crippen molar-refractivity contribution < 1.29 is 4.74 Å². The Hall–Kier alpha value is -0.980. The molecule has 118 valence electrons. The first-order chi connectivity index (χ1) is 9.75. The van der Waals surface area contributed by atoms with Crippen molar-refractivity contribution in [2.24, 2.45) is 16.6 Å². The molecule has 0 bridgehead atoms. The van der Waals surface area contributed by atoms with Crippen molar-refractivity contribution in [2.75, 3.05) is 19.7 Å². The average Bonchev–Trinajstić information content (AvgIpc) is 2.38. The van der Waals surface area contributed by atoms with Gasteiger partial charge < -0.3 is 15.8 Å². The molecule has 0 radical (unpaired) electrons. The van der Waals surface area contributed by atoms with Gasteiger partial charge in [0.25, 0.3) is 0 Å². The zero-order chi connectivity index (χ0) is 14.2. The molecule has 1 aromatic carbocycles. The molecule has 1 saturated carbocycles. The van der Waals surface area contributed by atoms with Gasteiger partial charge in [-0.15, -0.1) is 24.0 Å². The molecule has 0 unspecified atom stereocenters. The summed E-state index contributed by atoms with van der Waals surface area (Å²) in [5.74, 6) is 2.28. The summed E-state index contributed by atoms with van der Waals surface area (Å²) in [5.41, 5.74) is 6.98. The number of nitrogens with zero attached hydrogens (tertiary/aromatic N) is 1. The van der Waals surface area contributed by atoms with E-state index in [1.807, 2.05) is 18.2 Å². The third kappa shape index (κ3) is 6.54. The molecule has 4 nitrogen and oxygen atoms in total. The molecule has 0 spiro atoms. The highest BCUT2D eigenvalue weighted by Gasteiger charge is 2.16. The van der Waals surface area contributed by atoms with Gasteiger partial charge in [-0.3, -0.25) is 4.99 Å². The third-order valence-corrected chi connectivity index (χ3v) is 3.72. The highest BCUT2D eigenvalue weighted by molar-refractivity contribution is 14.0. The lowest BCUT2D eigenvalue weighted by atomic mass is 9.86. The molecule has 1 aliphatic carbocycles. The number of guanidine groups is 1. The molecule has 2 rings (SSSR count). The summed E-state index contributed by atoms with van der Waals surface area (Å²) < 4.78 is 5.72. The second-order valence-corrected chi connectivity index (χ2v) is 5.42. The second-order valence-electron chi connectivity index (χ2n) is 5.42. The number of nitrogens with one attached hydrogen (secondary N) is 1. The van der Waals surface area contributed by atoms with E-state index >= 15 is 0 Å². The lowest BCUT2D eigenvalue weighted by molar-refractivity contribution is 0.309. The van der Waals surface area contributed by atoms with E-state index in [4.69, 9.17) is 10.5 Å². The maximum Gasteiger partial charge on any atom is 0.188 e. The fraction of sp³-hybridized carbons (Fsp3) is 0.562. The second kappa shape index (κ2) is 9.87. The van der Waals surface area contributed by atoms with Gasteiger partial charge in [0.15, 0.2) is 5.96 Å². The smallest absolute Gasteiger partial charge is 0.188 e. The molecule has 3 N–H and O–H groups in total. The van der Waals surface area contributed by atoms with Crippen molar-refractivity contribution in [1.29, 1.82) is 0 Å². The number of aliphatic imine (C=N–C) groups is 1. The molecule has 0 amide bonds. The summed E-state index contributed by atoms with van der Waals surface area (Å²) in [6, 6.07) is 8.06. The van der Waals surface area contributed by atoms with Crippen molar-refractivity contribution in [2.45, 2.75) is 32.6 Å². The molecular weight excluding hydrogens is 377 g/mol. The molecule has 5 heteroatoms. The Morgan fingerprint density at radius 2 is 2.14 bits per heavy atom. The van der Waals surface area contributed by atoms with Crippen LogP contribution in [-0.4, -0.2) is 25.7 Å². The van der Waals surface area contributed by atoms with Gasteiger partial charge >= 0.3 is 0 Å². The Morgan fingerprint density at radius 3 is 2.81 bits per heavy atom. The van der Waals surface area contributed by atoms with Gasteiger partial charge in [-0.05, 0) is 43.7 Å². The van der Waals surface area contributed by atoms with Crippen LogP contribution >= 0.6 is 24.0 Å². The van der Waals surface area contributed by atoms with Crippen molar-refractivity contribution >= 4 is 29.9 Å². The minimum Gasteiger partial charge on any atom is -0.493 e. The lowest BCUT2D eigenvalue weighted by Gasteiger charge is -2.23. The Labute approximate surface area is 144 Å². The van der Waals surface area contributed by atoms with Gasteiger partial charge in [0, 0.05) is 13.1 Å². The Bertz CT molecular complexity index is 447. The summed E-state index contributed by atoms with van der Waals surface area (Å²) in [6.45, 7) is 4.41. The number of halogens is 1. The van der Waals surface area contributed by atoms with E-state index in [0.29, 0.717) is 12.6 Å². The number of para-hydroxylation sites is 1. The van der Waals surface area contributed by atoms with E-state index < -0.39 is 0 Å². The van der Waals surface area contributed by atoms with E-state index in [1.165, 1.54) is 24.8 Å². The quantitative estimate of drug-likeness (QED) is 0.318.